The Morgan fingerprint density at radius 3 is 2.44 bits per heavy atom. The van der Waals surface area contributed by atoms with Crippen LogP contribution in [-0.4, -0.2) is 55.2 Å². The van der Waals surface area contributed by atoms with Gasteiger partial charge in [-0.15, -0.1) is 0 Å². The average molecular weight is 229 g/mol. The first-order valence-electron chi connectivity index (χ1n) is 5.43. The van der Waals surface area contributed by atoms with Crippen LogP contribution in [0.15, 0.2) is 0 Å². The lowest BCUT2D eigenvalue weighted by molar-refractivity contribution is -0.146. The van der Waals surface area contributed by atoms with Gasteiger partial charge in [-0.1, -0.05) is 0 Å². The highest BCUT2D eigenvalue weighted by Crippen LogP contribution is 2.27. The lowest BCUT2D eigenvalue weighted by Crippen LogP contribution is -2.50. The molecule has 1 aliphatic rings. The van der Waals surface area contributed by atoms with E-state index < -0.39 is 5.97 Å². The highest BCUT2D eigenvalue weighted by molar-refractivity contribution is 5.73. The molecule has 0 saturated heterocycles. The molecule has 1 fully saturated rings. The second-order valence-electron chi connectivity index (χ2n) is 4.21. The zero-order valence-corrected chi connectivity index (χ0v) is 9.69. The van der Waals surface area contributed by atoms with E-state index in [0.717, 1.165) is 12.8 Å². The summed E-state index contributed by atoms with van der Waals surface area (Å²) in [5.41, 5.74) is 0. The van der Waals surface area contributed by atoms with Crippen LogP contribution in [0.4, 0.5) is 4.79 Å². The van der Waals surface area contributed by atoms with Crippen molar-refractivity contribution in [3.8, 4) is 0 Å². The molecule has 1 rings (SSSR count). The first kappa shape index (κ1) is 12.8. The third kappa shape index (κ3) is 3.37. The summed E-state index contributed by atoms with van der Waals surface area (Å²) in [5, 5.41) is 14.6. The SMILES string of the molecule is CN(C)C(=O)NCCNC1CCC1C(=O)O. The zero-order chi connectivity index (χ0) is 12.1. The molecule has 3 N–H and O–H groups in total. The molecule has 0 spiro atoms. The molecule has 0 aromatic heterocycles. The Morgan fingerprint density at radius 2 is 2.00 bits per heavy atom. The van der Waals surface area contributed by atoms with Gasteiger partial charge in [0, 0.05) is 33.2 Å². The van der Waals surface area contributed by atoms with E-state index in [0.29, 0.717) is 13.1 Å². The molecule has 2 amide bonds. The molecule has 0 heterocycles. The number of rotatable bonds is 5. The van der Waals surface area contributed by atoms with Gasteiger partial charge in [0.05, 0.1) is 5.92 Å². The van der Waals surface area contributed by atoms with Crippen molar-refractivity contribution in [3.63, 3.8) is 0 Å². The number of nitrogens with zero attached hydrogens (tertiary/aromatic N) is 1. The van der Waals surface area contributed by atoms with Crippen molar-refractivity contribution >= 4 is 12.0 Å². The monoisotopic (exact) mass is 229 g/mol. The van der Waals surface area contributed by atoms with Crippen LogP contribution in [-0.2, 0) is 4.79 Å². The normalized spacial score (nSPS) is 23.4. The summed E-state index contributed by atoms with van der Waals surface area (Å²) in [6, 6.07) is -0.0704. The van der Waals surface area contributed by atoms with Crippen molar-refractivity contribution in [1.29, 1.82) is 0 Å². The number of urea groups is 1. The van der Waals surface area contributed by atoms with Crippen LogP contribution in [0.2, 0.25) is 0 Å². The minimum absolute atomic E-state index is 0.0637. The van der Waals surface area contributed by atoms with Gasteiger partial charge in [-0.2, -0.15) is 0 Å². The van der Waals surface area contributed by atoms with Crippen molar-refractivity contribution in [2.75, 3.05) is 27.2 Å². The number of aliphatic carboxylic acids is 1. The Labute approximate surface area is 95.0 Å². The Morgan fingerprint density at radius 1 is 1.31 bits per heavy atom. The minimum Gasteiger partial charge on any atom is -0.481 e. The van der Waals surface area contributed by atoms with Crippen molar-refractivity contribution in [2.24, 2.45) is 5.92 Å². The van der Waals surface area contributed by atoms with E-state index in [1.165, 1.54) is 4.90 Å². The molecule has 2 atom stereocenters. The van der Waals surface area contributed by atoms with E-state index in [-0.39, 0.29) is 18.0 Å². The number of hydrogen-bond donors (Lipinski definition) is 3. The summed E-state index contributed by atoms with van der Waals surface area (Å²) >= 11 is 0. The van der Waals surface area contributed by atoms with Crippen molar-refractivity contribution < 1.29 is 14.7 Å². The fourth-order valence-electron chi connectivity index (χ4n) is 1.63. The highest BCUT2D eigenvalue weighted by atomic mass is 16.4. The first-order valence-corrected chi connectivity index (χ1v) is 5.43. The number of carbonyl (C=O) groups excluding carboxylic acids is 1. The summed E-state index contributed by atoms with van der Waals surface area (Å²) in [7, 11) is 3.35. The van der Waals surface area contributed by atoms with Crippen molar-refractivity contribution in [2.45, 2.75) is 18.9 Å². The van der Waals surface area contributed by atoms with E-state index in [9.17, 15) is 9.59 Å². The van der Waals surface area contributed by atoms with Crippen molar-refractivity contribution in [3.05, 3.63) is 0 Å². The van der Waals surface area contributed by atoms with E-state index >= 15 is 0 Å². The predicted octanol–water partition coefficient (Wildman–Crippen LogP) is -0.290. The molecule has 1 aliphatic carbocycles. The predicted molar refractivity (Wildman–Crippen MR) is 59.2 cm³/mol. The van der Waals surface area contributed by atoms with Gasteiger partial charge < -0.3 is 20.6 Å². The molecule has 2 unspecified atom stereocenters. The van der Waals surface area contributed by atoms with E-state index in [2.05, 4.69) is 10.6 Å². The molecule has 0 aliphatic heterocycles. The Hall–Kier alpha value is -1.30. The second-order valence-corrected chi connectivity index (χ2v) is 4.21. The Kier molecular flexibility index (Phi) is 4.54. The number of carboxylic acids is 1. The van der Waals surface area contributed by atoms with E-state index in [1.54, 1.807) is 14.1 Å². The summed E-state index contributed by atoms with van der Waals surface area (Å²) in [6.45, 7) is 1.12. The maximum Gasteiger partial charge on any atom is 0.316 e. The molecule has 0 aromatic carbocycles. The minimum atomic E-state index is -0.735. The fraction of sp³-hybridized carbons (Fsp3) is 0.800. The van der Waals surface area contributed by atoms with Crippen molar-refractivity contribution in [1.82, 2.24) is 15.5 Å². The Balaban J connectivity index is 2.08. The quantitative estimate of drug-likeness (QED) is 0.566. The number of nitrogens with one attached hydrogen (secondary N) is 2. The molecular formula is C10H19N3O3. The van der Waals surface area contributed by atoms with Crippen LogP contribution < -0.4 is 10.6 Å². The summed E-state index contributed by atoms with van der Waals surface area (Å²) in [5.74, 6) is -0.995. The number of carbonyl (C=O) groups is 2. The molecule has 0 bridgehead atoms. The molecular weight excluding hydrogens is 210 g/mol. The maximum absolute atomic E-state index is 11.1. The van der Waals surface area contributed by atoms with Gasteiger partial charge in [0.25, 0.3) is 0 Å². The van der Waals surface area contributed by atoms with Gasteiger partial charge in [-0.25, -0.2) is 4.79 Å². The second kappa shape index (κ2) is 5.69. The van der Waals surface area contributed by atoms with Crippen LogP contribution in [0, 0.1) is 5.92 Å². The number of hydrogen-bond acceptors (Lipinski definition) is 3. The summed E-state index contributed by atoms with van der Waals surface area (Å²) in [6.07, 6.45) is 1.65. The largest absolute Gasteiger partial charge is 0.481 e. The highest BCUT2D eigenvalue weighted by Gasteiger charge is 2.35. The fourth-order valence-corrected chi connectivity index (χ4v) is 1.63. The number of amides is 2. The van der Waals surface area contributed by atoms with Gasteiger partial charge in [-0.05, 0) is 12.8 Å². The van der Waals surface area contributed by atoms with Gasteiger partial charge in [0.2, 0.25) is 0 Å². The molecule has 92 valence electrons. The standard InChI is InChI=1S/C10H19N3O3/c1-13(2)10(16)12-6-5-11-8-4-3-7(8)9(14)15/h7-8,11H,3-6H2,1-2H3,(H,12,16)(H,14,15). The molecule has 6 heteroatoms. The van der Waals surface area contributed by atoms with Crippen LogP contribution in [0.3, 0.4) is 0 Å². The third-order valence-electron chi connectivity index (χ3n) is 2.81. The van der Waals surface area contributed by atoms with Crippen LogP contribution >= 0.6 is 0 Å². The smallest absolute Gasteiger partial charge is 0.316 e. The Bertz CT molecular complexity index is 268. The van der Waals surface area contributed by atoms with Crippen LogP contribution in [0.5, 0.6) is 0 Å². The molecule has 1 saturated carbocycles. The van der Waals surface area contributed by atoms with Crippen LogP contribution in [0.1, 0.15) is 12.8 Å². The lowest BCUT2D eigenvalue weighted by Gasteiger charge is -2.34. The molecule has 6 nitrogen and oxygen atoms in total. The number of carboxylic acid groups (broad SMARTS) is 1. The van der Waals surface area contributed by atoms with Crippen LogP contribution in [0.25, 0.3) is 0 Å². The van der Waals surface area contributed by atoms with E-state index in [1.807, 2.05) is 0 Å². The average Bonchev–Trinajstić information content (AvgIpc) is 2.13. The van der Waals surface area contributed by atoms with Gasteiger partial charge in [0.15, 0.2) is 0 Å². The molecule has 0 aromatic rings. The topological polar surface area (TPSA) is 81.7 Å². The van der Waals surface area contributed by atoms with Gasteiger partial charge in [0.1, 0.15) is 0 Å². The summed E-state index contributed by atoms with van der Waals surface area (Å²) in [4.78, 5) is 23.3. The van der Waals surface area contributed by atoms with Gasteiger partial charge in [-0.3, -0.25) is 4.79 Å². The van der Waals surface area contributed by atoms with Gasteiger partial charge >= 0.3 is 12.0 Å². The summed E-state index contributed by atoms with van der Waals surface area (Å²) < 4.78 is 0. The first-order chi connectivity index (χ1) is 7.52. The lowest BCUT2D eigenvalue weighted by atomic mass is 9.79. The van der Waals surface area contributed by atoms with E-state index in [4.69, 9.17) is 5.11 Å². The molecule has 0 radical (unpaired) electrons. The molecule has 16 heavy (non-hydrogen) atoms. The third-order valence-corrected chi connectivity index (χ3v) is 2.81. The zero-order valence-electron chi connectivity index (χ0n) is 9.69. The maximum atomic E-state index is 11.1.